The van der Waals surface area contributed by atoms with Gasteiger partial charge >= 0.3 is 0 Å². The molecular formula is C23H42O5Si. The third kappa shape index (κ3) is 7.28. The van der Waals surface area contributed by atoms with Crippen molar-refractivity contribution < 1.29 is 24.1 Å². The number of methoxy groups -OCH3 is 1. The van der Waals surface area contributed by atoms with Crippen LogP contribution in [-0.2, 0) is 4.74 Å². The normalized spacial score (nSPS) is 15.2. The Morgan fingerprint density at radius 3 is 2.10 bits per heavy atom. The van der Waals surface area contributed by atoms with Gasteiger partial charge in [-0.2, -0.15) is 0 Å². The summed E-state index contributed by atoms with van der Waals surface area (Å²) in [5.41, 5.74) is 0.956. The fourth-order valence-electron chi connectivity index (χ4n) is 2.77. The number of aliphatic hydroxyl groups excluding tert-OH is 1. The lowest BCUT2D eigenvalue weighted by molar-refractivity contribution is -0.0525. The monoisotopic (exact) mass is 426 g/mol. The van der Waals surface area contributed by atoms with Crippen LogP contribution in [0.2, 0.25) is 18.1 Å². The second-order valence-corrected chi connectivity index (χ2v) is 14.9. The van der Waals surface area contributed by atoms with E-state index < -0.39 is 20.0 Å². The van der Waals surface area contributed by atoms with Crippen LogP contribution in [0.4, 0.5) is 0 Å². The number of hydrogen-bond acceptors (Lipinski definition) is 5. The van der Waals surface area contributed by atoms with Crippen molar-refractivity contribution in [3.05, 3.63) is 23.3 Å². The average molecular weight is 427 g/mol. The van der Waals surface area contributed by atoms with E-state index in [-0.39, 0.29) is 17.7 Å². The van der Waals surface area contributed by atoms with Gasteiger partial charge in [-0.25, -0.2) is 0 Å². The molecule has 0 amide bonds. The number of ether oxygens (including phenoxy) is 2. The standard InChI is InChI=1S/C23H42O5Si/c1-16(11-12-21(24)23(6,7)25)18-14-19(27-15-26-8)17(2)13-20(18)28-29(9,10)22(3,4)5/h13-14,16,21,24-25H,11-12,15H2,1-10H3/t16-,21-/m1/s1. The molecule has 0 spiro atoms. The Morgan fingerprint density at radius 2 is 1.62 bits per heavy atom. The highest BCUT2D eigenvalue weighted by Gasteiger charge is 2.39. The van der Waals surface area contributed by atoms with Crippen molar-refractivity contribution in [1.29, 1.82) is 0 Å². The summed E-state index contributed by atoms with van der Waals surface area (Å²) in [6, 6.07) is 4.10. The lowest BCUT2D eigenvalue weighted by Gasteiger charge is -2.37. The van der Waals surface area contributed by atoms with Crippen LogP contribution in [-0.4, -0.2) is 44.1 Å². The molecule has 0 aliphatic heterocycles. The Morgan fingerprint density at radius 1 is 1.03 bits per heavy atom. The molecule has 1 aromatic rings. The van der Waals surface area contributed by atoms with Gasteiger partial charge in [0, 0.05) is 7.11 Å². The molecule has 0 bridgehead atoms. The molecule has 2 N–H and O–H groups in total. The SMILES string of the molecule is COCOc1cc([C@H](C)CC[C@@H](O)C(C)(C)O)c(O[Si](C)(C)C(C)(C)C)cc1C. The molecule has 0 aliphatic carbocycles. The maximum Gasteiger partial charge on any atom is 0.250 e. The molecule has 0 radical (unpaired) electrons. The summed E-state index contributed by atoms with van der Waals surface area (Å²) >= 11 is 0. The minimum Gasteiger partial charge on any atom is -0.543 e. The van der Waals surface area contributed by atoms with Gasteiger partial charge in [0.2, 0.25) is 8.32 Å². The highest BCUT2D eigenvalue weighted by molar-refractivity contribution is 6.74. The quantitative estimate of drug-likeness (QED) is 0.388. The maximum absolute atomic E-state index is 10.2. The average Bonchev–Trinajstić information content (AvgIpc) is 2.56. The summed E-state index contributed by atoms with van der Waals surface area (Å²) in [6.07, 6.45) is 0.461. The van der Waals surface area contributed by atoms with Crippen molar-refractivity contribution in [2.45, 2.75) is 97.1 Å². The molecule has 0 saturated heterocycles. The Balaban J connectivity index is 3.24. The second-order valence-electron chi connectivity index (χ2n) is 10.2. The molecule has 0 heterocycles. The smallest absolute Gasteiger partial charge is 0.250 e. The number of aliphatic hydroxyl groups is 2. The Labute approximate surface area is 178 Å². The zero-order valence-corrected chi connectivity index (χ0v) is 21.0. The number of hydrogen-bond donors (Lipinski definition) is 2. The van der Waals surface area contributed by atoms with Gasteiger partial charge in [-0.05, 0) is 80.9 Å². The summed E-state index contributed by atoms with van der Waals surface area (Å²) < 4.78 is 17.5. The van der Waals surface area contributed by atoms with E-state index in [0.717, 1.165) is 29.0 Å². The molecule has 1 aromatic carbocycles. The van der Waals surface area contributed by atoms with Gasteiger partial charge in [-0.15, -0.1) is 0 Å². The first-order valence-electron chi connectivity index (χ1n) is 10.5. The van der Waals surface area contributed by atoms with Crippen LogP contribution >= 0.6 is 0 Å². The van der Waals surface area contributed by atoms with Crippen LogP contribution in [0.25, 0.3) is 0 Å². The van der Waals surface area contributed by atoms with E-state index >= 15 is 0 Å². The molecule has 0 fully saturated rings. The van der Waals surface area contributed by atoms with Gasteiger partial charge < -0.3 is 24.1 Å². The minimum absolute atomic E-state index is 0.0870. The van der Waals surface area contributed by atoms with Crippen molar-refractivity contribution in [2.24, 2.45) is 0 Å². The molecule has 0 aromatic heterocycles. The van der Waals surface area contributed by atoms with Crippen LogP contribution in [0.1, 0.15) is 71.4 Å². The minimum atomic E-state index is -2.02. The van der Waals surface area contributed by atoms with Crippen molar-refractivity contribution in [2.75, 3.05) is 13.9 Å². The lowest BCUT2D eigenvalue weighted by Crippen LogP contribution is -2.44. The molecule has 29 heavy (non-hydrogen) atoms. The van der Waals surface area contributed by atoms with Crippen LogP contribution in [0.3, 0.4) is 0 Å². The lowest BCUT2D eigenvalue weighted by atomic mass is 9.89. The Kier molecular flexibility index (Phi) is 8.78. The molecular weight excluding hydrogens is 384 g/mol. The highest BCUT2D eigenvalue weighted by Crippen LogP contribution is 2.42. The topological polar surface area (TPSA) is 68.2 Å². The van der Waals surface area contributed by atoms with E-state index in [0.29, 0.717) is 6.42 Å². The van der Waals surface area contributed by atoms with Gasteiger partial charge in [0.1, 0.15) is 11.5 Å². The van der Waals surface area contributed by atoms with Crippen LogP contribution < -0.4 is 9.16 Å². The molecule has 6 heteroatoms. The first kappa shape index (κ1) is 26.0. The van der Waals surface area contributed by atoms with Crippen molar-refractivity contribution in [3.8, 4) is 11.5 Å². The molecule has 0 unspecified atom stereocenters. The van der Waals surface area contributed by atoms with Crippen LogP contribution in [0, 0.1) is 6.92 Å². The van der Waals surface area contributed by atoms with Crippen molar-refractivity contribution in [3.63, 3.8) is 0 Å². The second kappa shape index (κ2) is 9.82. The molecule has 5 nitrogen and oxygen atoms in total. The van der Waals surface area contributed by atoms with Gasteiger partial charge in [0.05, 0.1) is 11.7 Å². The predicted molar refractivity (Wildman–Crippen MR) is 121 cm³/mol. The zero-order chi connectivity index (χ0) is 22.6. The first-order chi connectivity index (χ1) is 13.1. The summed E-state index contributed by atoms with van der Waals surface area (Å²) in [4.78, 5) is 0. The van der Waals surface area contributed by atoms with E-state index in [2.05, 4.69) is 46.9 Å². The summed E-state index contributed by atoms with van der Waals surface area (Å²) in [6.45, 7) is 18.8. The molecule has 0 aliphatic rings. The Hall–Kier alpha value is -1.08. The third-order valence-electron chi connectivity index (χ3n) is 6.03. The molecule has 2 atom stereocenters. The summed E-state index contributed by atoms with van der Waals surface area (Å²) in [5.74, 6) is 1.81. The highest BCUT2D eigenvalue weighted by atomic mass is 28.4. The van der Waals surface area contributed by atoms with Gasteiger partial charge in [-0.3, -0.25) is 0 Å². The van der Waals surface area contributed by atoms with E-state index in [1.807, 2.05) is 13.0 Å². The van der Waals surface area contributed by atoms with E-state index in [4.69, 9.17) is 13.9 Å². The van der Waals surface area contributed by atoms with Crippen molar-refractivity contribution in [1.82, 2.24) is 0 Å². The van der Waals surface area contributed by atoms with Gasteiger partial charge in [-0.1, -0.05) is 27.7 Å². The fourth-order valence-corrected chi connectivity index (χ4v) is 3.81. The van der Waals surface area contributed by atoms with Crippen molar-refractivity contribution >= 4 is 8.32 Å². The predicted octanol–water partition coefficient (Wildman–Crippen LogP) is 5.38. The van der Waals surface area contributed by atoms with E-state index in [9.17, 15) is 10.2 Å². The molecule has 168 valence electrons. The first-order valence-corrected chi connectivity index (χ1v) is 13.4. The van der Waals surface area contributed by atoms with E-state index in [1.54, 1.807) is 21.0 Å². The number of rotatable bonds is 10. The van der Waals surface area contributed by atoms with Crippen LogP contribution in [0.5, 0.6) is 11.5 Å². The van der Waals surface area contributed by atoms with E-state index in [1.165, 1.54) is 0 Å². The number of aryl methyl sites for hydroxylation is 1. The fraction of sp³-hybridized carbons (Fsp3) is 0.739. The largest absolute Gasteiger partial charge is 0.543 e. The molecule has 1 rings (SSSR count). The van der Waals surface area contributed by atoms with Gasteiger partial charge in [0.15, 0.2) is 6.79 Å². The summed E-state index contributed by atoms with van der Waals surface area (Å²) in [5, 5.41) is 20.4. The molecule has 0 saturated carbocycles. The zero-order valence-electron chi connectivity index (χ0n) is 20.0. The summed E-state index contributed by atoms with van der Waals surface area (Å²) in [7, 11) is -0.415. The number of benzene rings is 1. The van der Waals surface area contributed by atoms with Gasteiger partial charge in [0.25, 0.3) is 0 Å². The maximum atomic E-state index is 10.2. The van der Waals surface area contributed by atoms with Crippen LogP contribution in [0.15, 0.2) is 12.1 Å². The third-order valence-corrected chi connectivity index (χ3v) is 10.4. The Bertz CT molecular complexity index is 658.